The Morgan fingerprint density at radius 2 is 1.44 bits per heavy atom. The van der Waals surface area contributed by atoms with Gasteiger partial charge in [0.25, 0.3) is 0 Å². The van der Waals surface area contributed by atoms with Gasteiger partial charge < -0.3 is 24.6 Å². The Labute approximate surface area is 233 Å². The second-order valence-corrected chi connectivity index (χ2v) is 11.0. The number of carbonyl (C=O) groups is 4. The minimum Gasteiger partial charge on any atom is -0.480 e. The van der Waals surface area contributed by atoms with E-state index in [4.69, 9.17) is 14.2 Å². The summed E-state index contributed by atoms with van der Waals surface area (Å²) < 4.78 is 16.7. The molecule has 0 aliphatic rings. The van der Waals surface area contributed by atoms with Crippen molar-refractivity contribution in [1.29, 1.82) is 0 Å². The lowest BCUT2D eigenvalue weighted by Gasteiger charge is -2.24. The summed E-state index contributed by atoms with van der Waals surface area (Å²) in [6, 6.07) is 3.71. The van der Waals surface area contributed by atoms with Gasteiger partial charge in [0.15, 0.2) is 11.5 Å². The first-order valence-electron chi connectivity index (χ1n) is 14.0. The van der Waals surface area contributed by atoms with Gasteiger partial charge in [-0.3, -0.25) is 19.2 Å². The van der Waals surface area contributed by atoms with Gasteiger partial charge in [0.05, 0.1) is 17.3 Å². The van der Waals surface area contributed by atoms with E-state index in [1.807, 2.05) is 20.8 Å². The molecule has 1 rings (SSSR count). The summed E-state index contributed by atoms with van der Waals surface area (Å²) in [6.07, 6.45) is 3.09. The van der Waals surface area contributed by atoms with E-state index in [0.717, 1.165) is 12.8 Å². The average molecular weight is 550 g/mol. The molecule has 0 spiro atoms. The van der Waals surface area contributed by atoms with E-state index in [1.54, 1.807) is 40.7 Å². The van der Waals surface area contributed by atoms with Crippen LogP contribution >= 0.6 is 0 Å². The number of carboxylic acid groups (broad SMARTS) is 1. The molecule has 39 heavy (non-hydrogen) atoms. The monoisotopic (exact) mass is 549 g/mol. The molecule has 220 valence electrons. The molecule has 0 aliphatic heterocycles. The number of carbonyl (C=O) groups excluding carboxylic acids is 3. The van der Waals surface area contributed by atoms with Crippen LogP contribution in [0.15, 0.2) is 18.2 Å². The predicted molar refractivity (Wildman–Crippen MR) is 149 cm³/mol. The molecule has 0 saturated heterocycles. The molecule has 0 radical (unpaired) electrons. The number of esters is 3. The third kappa shape index (κ3) is 11.4. The van der Waals surface area contributed by atoms with E-state index in [2.05, 4.69) is 5.32 Å². The van der Waals surface area contributed by atoms with Crippen molar-refractivity contribution < 1.29 is 38.5 Å². The molecule has 9 nitrogen and oxygen atoms in total. The van der Waals surface area contributed by atoms with Gasteiger partial charge in [0.1, 0.15) is 12.1 Å². The lowest BCUT2D eigenvalue weighted by molar-refractivity contribution is -0.158. The standard InChI is InChI=1S/C30H47NO8/c1-9-12-19(4)27(34)38-24-15-14-22(17-25(24)39-28(35)20(5)13-10-2)16-23(26(32)33)31-18-21(6)37-29(36)30(7,8)11-3/h14-15,17,19-21,23,31H,9-13,16,18H2,1-8H3,(H,32,33)/t19?,20?,21?,23-/m0/s1. The molecule has 1 aromatic carbocycles. The predicted octanol–water partition coefficient (Wildman–Crippen LogP) is 5.32. The maximum Gasteiger partial charge on any atom is 0.321 e. The van der Waals surface area contributed by atoms with Gasteiger partial charge >= 0.3 is 23.9 Å². The Kier molecular flexibility index (Phi) is 14.2. The number of ether oxygens (including phenoxy) is 3. The first-order chi connectivity index (χ1) is 18.2. The zero-order valence-electron chi connectivity index (χ0n) is 24.8. The van der Waals surface area contributed by atoms with Gasteiger partial charge in [0, 0.05) is 6.54 Å². The van der Waals surface area contributed by atoms with E-state index in [0.29, 0.717) is 24.8 Å². The van der Waals surface area contributed by atoms with E-state index in [1.165, 1.54) is 12.1 Å². The van der Waals surface area contributed by atoms with Crippen LogP contribution in [0, 0.1) is 17.3 Å². The van der Waals surface area contributed by atoms with Gasteiger partial charge in [-0.05, 0) is 64.2 Å². The fourth-order valence-corrected chi connectivity index (χ4v) is 3.68. The zero-order chi connectivity index (χ0) is 29.8. The van der Waals surface area contributed by atoms with Crippen molar-refractivity contribution in [3.05, 3.63) is 23.8 Å². The molecule has 3 unspecified atom stereocenters. The summed E-state index contributed by atoms with van der Waals surface area (Å²) in [4.78, 5) is 49.5. The summed E-state index contributed by atoms with van der Waals surface area (Å²) in [7, 11) is 0. The number of rotatable bonds is 17. The molecule has 0 bridgehead atoms. The fourth-order valence-electron chi connectivity index (χ4n) is 3.68. The normalized spacial score (nSPS) is 14.6. The second kappa shape index (κ2) is 16.2. The zero-order valence-corrected chi connectivity index (χ0v) is 24.8. The van der Waals surface area contributed by atoms with Gasteiger partial charge in [-0.2, -0.15) is 0 Å². The number of hydrogen-bond acceptors (Lipinski definition) is 8. The van der Waals surface area contributed by atoms with Crippen LogP contribution in [0.2, 0.25) is 0 Å². The van der Waals surface area contributed by atoms with Gasteiger partial charge in [-0.15, -0.1) is 0 Å². The average Bonchev–Trinajstić information content (AvgIpc) is 2.87. The van der Waals surface area contributed by atoms with Crippen LogP contribution in [-0.4, -0.2) is 47.7 Å². The third-order valence-electron chi connectivity index (χ3n) is 6.81. The van der Waals surface area contributed by atoms with Crippen LogP contribution in [0.4, 0.5) is 0 Å². The first kappa shape index (κ1) is 34.1. The minimum absolute atomic E-state index is 0.0615. The van der Waals surface area contributed by atoms with Crippen molar-refractivity contribution in [2.75, 3.05) is 6.54 Å². The Balaban J connectivity index is 3.08. The third-order valence-corrected chi connectivity index (χ3v) is 6.81. The highest BCUT2D eigenvalue weighted by Gasteiger charge is 2.29. The molecule has 0 aromatic heterocycles. The number of aliphatic carboxylic acids is 1. The van der Waals surface area contributed by atoms with Gasteiger partial charge in [-0.1, -0.05) is 53.5 Å². The molecule has 1 aromatic rings. The van der Waals surface area contributed by atoms with Crippen LogP contribution < -0.4 is 14.8 Å². The molecular weight excluding hydrogens is 502 g/mol. The first-order valence-corrected chi connectivity index (χ1v) is 14.0. The van der Waals surface area contributed by atoms with E-state index < -0.39 is 35.5 Å². The molecule has 4 atom stereocenters. The summed E-state index contributed by atoms with van der Waals surface area (Å²) in [5, 5.41) is 12.7. The van der Waals surface area contributed by atoms with Crippen molar-refractivity contribution in [2.45, 2.75) is 106 Å². The lowest BCUT2D eigenvalue weighted by Crippen LogP contribution is -2.43. The molecule has 9 heteroatoms. The lowest BCUT2D eigenvalue weighted by atomic mass is 9.90. The molecule has 0 saturated carbocycles. The summed E-state index contributed by atoms with van der Waals surface area (Å²) in [5.74, 6) is -2.79. The van der Waals surface area contributed by atoms with Crippen LogP contribution in [0.3, 0.4) is 0 Å². The Morgan fingerprint density at radius 1 is 0.897 bits per heavy atom. The smallest absolute Gasteiger partial charge is 0.321 e. The van der Waals surface area contributed by atoms with Crippen molar-refractivity contribution in [3.63, 3.8) is 0 Å². The second-order valence-electron chi connectivity index (χ2n) is 11.0. The highest BCUT2D eigenvalue weighted by molar-refractivity contribution is 5.79. The maximum atomic E-state index is 12.7. The highest BCUT2D eigenvalue weighted by Crippen LogP contribution is 2.31. The Hall–Kier alpha value is -2.94. The van der Waals surface area contributed by atoms with E-state index in [9.17, 15) is 24.3 Å². The molecule has 0 heterocycles. The van der Waals surface area contributed by atoms with Crippen LogP contribution in [0.1, 0.15) is 93.1 Å². The van der Waals surface area contributed by atoms with Crippen molar-refractivity contribution in [2.24, 2.45) is 17.3 Å². The Bertz CT molecular complexity index is 974. The van der Waals surface area contributed by atoms with Crippen LogP contribution in [0.25, 0.3) is 0 Å². The number of hydrogen-bond donors (Lipinski definition) is 2. The number of benzene rings is 1. The fraction of sp³-hybridized carbons (Fsp3) is 0.667. The highest BCUT2D eigenvalue weighted by atomic mass is 16.6. The topological polar surface area (TPSA) is 128 Å². The minimum atomic E-state index is -1.08. The largest absolute Gasteiger partial charge is 0.480 e. The van der Waals surface area contributed by atoms with Gasteiger partial charge in [-0.25, -0.2) is 0 Å². The van der Waals surface area contributed by atoms with Crippen molar-refractivity contribution >= 4 is 23.9 Å². The van der Waals surface area contributed by atoms with Crippen molar-refractivity contribution in [1.82, 2.24) is 5.32 Å². The SMILES string of the molecule is CCCC(C)C(=O)Oc1ccc(C[C@H](NCC(C)OC(=O)C(C)(C)CC)C(=O)O)cc1OC(=O)C(C)CCC. The molecule has 0 fully saturated rings. The summed E-state index contributed by atoms with van der Waals surface area (Å²) >= 11 is 0. The number of carboxylic acids is 1. The number of nitrogens with one attached hydrogen (secondary N) is 1. The molecule has 0 amide bonds. The molecule has 2 N–H and O–H groups in total. The quantitative estimate of drug-likeness (QED) is 0.196. The van der Waals surface area contributed by atoms with Crippen LogP contribution in [0.5, 0.6) is 11.5 Å². The summed E-state index contributed by atoms with van der Waals surface area (Å²) in [5.41, 5.74) is -0.0540. The molecule has 0 aliphatic carbocycles. The van der Waals surface area contributed by atoms with Gasteiger partial charge in [0.2, 0.25) is 0 Å². The van der Waals surface area contributed by atoms with E-state index >= 15 is 0 Å². The van der Waals surface area contributed by atoms with E-state index in [-0.39, 0.29) is 42.3 Å². The Morgan fingerprint density at radius 3 is 1.92 bits per heavy atom. The molecular formula is C30H47NO8. The summed E-state index contributed by atoms with van der Waals surface area (Å²) in [6.45, 7) is 14.8. The van der Waals surface area contributed by atoms with Crippen LogP contribution in [-0.2, 0) is 30.3 Å². The van der Waals surface area contributed by atoms with Crippen molar-refractivity contribution in [3.8, 4) is 11.5 Å². The maximum absolute atomic E-state index is 12.7.